The van der Waals surface area contributed by atoms with Crippen molar-refractivity contribution in [2.45, 2.75) is 44.2 Å². The molecule has 1 aromatic heterocycles. The molecule has 0 aliphatic carbocycles. The van der Waals surface area contributed by atoms with Crippen LogP contribution < -0.4 is 5.32 Å². The Morgan fingerprint density at radius 1 is 1.32 bits per heavy atom. The van der Waals surface area contributed by atoms with Crippen LogP contribution in [0, 0.1) is 0 Å². The molecule has 0 unspecified atom stereocenters. The van der Waals surface area contributed by atoms with Gasteiger partial charge in [0.25, 0.3) is 0 Å². The second kappa shape index (κ2) is 7.57. The first kappa shape index (κ1) is 16.0. The van der Waals surface area contributed by atoms with Gasteiger partial charge in [-0.3, -0.25) is 14.6 Å². The zero-order valence-electron chi connectivity index (χ0n) is 13.5. The monoisotopic (exact) mass is 321 g/mol. The molecule has 1 amide bonds. The van der Waals surface area contributed by atoms with E-state index in [1.54, 1.807) is 11.3 Å². The molecule has 0 saturated carbocycles. The lowest BCUT2D eigenvalue weighted by atomic mass is 10.0. The van der Waals surface area contributed by atoms with Crippen molar-refractivity contribution >= 4 is 17.2 Å². The molecule has 22 heavy (non-hydrogen) atoms. The summed E-state index contributed by atoms with van der Waals surface area (Å²) in [5.74, 6) is 0.211. The number of likely N-dealkylation sites (tertiary alicyclic amines) is 2. The summed E-state index contributed by atoms with van der Waals surface area (Å²) >= 11 is 1.80. The lowest BCUT2D eigenvalue weighted by molar-refractivity contribution is -0.127. The van der Waals surface area contributed by atoms with Gasteiger partial charge in [0.2, 0.25) is 5.91 Å². The first-order valence-electron chi connectivity index (χ1n) is 8.51. The number of rotatable bonds is 5. The van der Waals surface area contributed by atoms with Crippen LogP contribution in [0.4, 0.5) is 0 Å². The van der Waals surface area contributed by atoms with Crippen molar-refractivity contribution in [2.75, 3.05) is 33.2 Å². The highest BCUT2D eigenvalue weighted by atomic mass is 32.1. The molecule has 0 aromatic carbocycles. The van der Waals surface area contributed by atoms with Crippen molar-refractivity contribution in [3.05, 3.63) is 22.4 Å². The van der Waals surface area contributed by atoms with Gasteiger partial charge >= 0.3 is 0 Å². The molecule has 3 heterocycles. The Bertz CT molecular complexity index is 470. The summed E-state index contributed by atoms with van der Waals surface area (Å²) < 4.78 is 0. The van der Waals surface area contributed by atoms with E-state index in [0.717, 1.165) is 32.6 Å². The molecule has 3 rings (SSSR count). The Morgan fingerprint density at radius 2 is 2.09 bits per heavy atom. The minimum atomic E-state index is 0.0660. The largest absolute Gasteiger partial charge is 0.353 e. The standard InChI is InChI=1S/C17H27N3OS/c1-19-9-3-2-7-14(19)17(21)18-13-15(16-8-6-12-22-16)20-10-4-5-11-20/h6,8,12,14-15H,2-5,7,9-11,13H2,1H3,(H,18,21)/t14-,15+/m0/s1. The Kier molecular flexibility index (Phi) is 5.50. The van der Waals surface area contributed by atoms with E-state index in [0.29, 0.717) is 6.04 Å². The second-order valence-electron chi connectivity index (χ2n) is 6.51. The average molecular weight is 321 g/mol. The molecule has 5 heteroatoms. The molecule has 4 nitrogen and oxygen atoms in total. The molecular weight excluding hydrogens is 294 g/mol. The first-order chi connectivity index (χ1) is 10.8. The average Bonchev–Trinajstić information content (AvgIpc) is 3.21. The van der Waals surface area contributed by atoms with Gasteiger partial charge in [-0.05, 0) is 63.8 Å². The van der Waals surface area contributed by atoms with Gasteiger partial charge < -0.3 is 5.32 Å². The molecule has 0 spiro atoms. The summed E-state index contributed by atoms with van der Waals surface area (Å²) in [4.78, 5) is 18.6. The van der Waals surface area contributed by atoms with Crippen LogP contribution in [0.3, 0.4) is 0 Å². The smallest absolute Gasteiger partial charge is 0.237 e. The van der Waals surface area contributed by atoms with Crippen molar-refractivity contribution in [3.63, 3.8) is 0 Å². The quantitative estimate of drug-likeness (QED) is 0.905. The number of piperidine rings is 1. The second-order valence-corrected chi connectivity index (χ2v) is 7.49. The topological polar surface area (TPSA) is 35.6 Å². The van der Waals surface area contributed by atoms with E-state index in [1.807, 2.05) is 0 Å². The van der Waals surface area contributed by atoms with Crippen LogP contribution in [-0.4, -0.2) is 55.0 Å². The minimum absolute atomic E-state index is 0.0660. The maximum absolute atomic E-state index is 12.5. The highest BCUT2D eigenvalue weighted by Crippen LogP contribution is 2.28. The first-order valence-corrected chi connectivity index (χ1v) is 9.39. The molecule has 2 aliphatic rings. The predicted octanol–water partition coefficient (Wildman–Crippen LogP) is 2.49. The SMILES string of the molecule is CN1CCCC[C@H]1C(=O)NC[C@H](c1cccs1)N1CCCC1. The van der Waals surface area contributed by atoms with Gasteiger partial charge in [-0.1, -0.05) is 12.5 Å². The summed E-state index contributed by atoms with van der Waals surface area (Å²) in [6.07, 6.45) is 5.94. The summed E-state index contributed by atoms with van der Waals surface area (Å²) in [7, 11) is 2.07. The number of likely N-dealkylation sites (N-methyl/N-ethyl adjacent to an activating group) is 1. The third-order valence-corrected chi connectivity index (χ3v) is 5.97. The van der Waals surface area contributed by atoms with E-state index < -0.39 is 0 Å². The highest BCUT2D eigenvalue weighted by molar-refractivity contribution is 7.10. The zero-order valence-corrected chi connectivity index (χ0v) is 14.3. The molecule has 122 valence electrons. The zero-order chi connectivity index (χ0) is 15.4. The normalized spacial score (nSPS) is 25.2. The summed E-state index contributed by atoms with van der Waals surface area (Å²) in [5.41, 5.74) is 0. The van der Waals surface area contributed by atoms with Gasteiger partial charge in [0, 0.05) is 11.4 Å². The number of thiophene rings is 1. The molecular formula is C17H27N3OS. The van der Waals surface area contributed by atoms with E-state index in [9.17, 15) is 4.79 Å². The molecule has 2 fully saturated rings. The number of carbonyl (C=O) groups is 1. The van der Waals surface area contributed by atoms with Crippen molar-refractivity contribution < 1.29 is 4.79 Å². The van der Waals surface area contributed by atoms with Gasteiger partial charge in [-0.2, -0.15) is 0 Å². The molecule has 0 radical (unpaired) electrons. The number of nitrogens with zero attached hydrogens (tertiary/aromatic N) is 2. The van der Waals surface area contributed by atoms with E-state index in [-0.39, 0.29) is 11.9 Å². The molecule has 1 N–H and O–H groups in total. The molecule has 2 aliphatic heterocycles. The van der Waals surface area contributed by atoms with Crippen LogP contribution in [0.5, 0.6) is 0 Å². The third kappa shape index (κ3) is 3.70. The van der Waals surface area contributed by atoms with Gasteiger partial charge in [0.05, 0.1) is 12.1 Å². The fraction of sp³-hybridized carbons (Fsp3) is 0.706. The Hall–Kier alpha value is -0.910. The van der Waals surface area contributed by atoms with Crippen molar-refractivity contribution in [2.24, 2.45) is 0 Å². The van der Waals surface area contributed by atoms with Crippen LogP contribution in [0.25, 0.3) is 0 Å². The summed E-state index contributed by atoms with van der Waals surface area (Å²) in [6.45, 7) is 4.09. The Balaban J connectivity index is 1.60. The highest BCUT2D eigenvalue weighted by Gasteiger charge is 2.28. The predicted molar refractivity (Wildman–Crippen MR) is 91.1 cm³/mol. The lowest BCUT2D eigenvalue weighted by Crippen LogP contribution is -2.49. The van der Waals surface area contributed by atoms with Crippen LogP contribution >= 0.6 is 11.3 Å². The fourth-order valence-electron chi connectivity index (χ4n) is 3.67. The van der Waals surface area contributed by atoms with E-state index in [1.165, 1.54) is 30.6 Å². The summed E-state index contributed by atoms with van der Waals surface area (Å²) in [6, 6.07) is 4.73. The van der Waals surface area contributed by atoms with Crippen molar-refractivity contribution in [1.29, 1.82) is 0 Å². The van der Waals surface area contributed by atoms with Crippen LogP contribution in [0.1, 0.15) is 43.0 Å². The molecule has 2 saturated heterocycles. The minimum Gasteiger partial charge on any atom is -0.353 e. The molecule has 1 aromatic rings. The van der Waals surface area contributed by atoms with E-state index in [4.69, 9.17) is 0 Å². The fourth-order valence-corrected chi connectivity index (χ4v) is 4.53. The van der Waals surface area contributed by atoms with E-state index >= 15 is 0 Å². The number of hydrogen-bond acceptors (Lipinski definition) is 4. The third-order valence-electron chi connectivity index (χ3n) is 5.00. The molecule has 2 atom stereocenters. The Labute approximate surface area is 137 Å². The number of hydrogen-bond donors (Lipinski definition) is 1. The number of amides is 1. The molecule has 0 bridgehead atoms. The van der Waals surface area contributed by atoms with Crippen LogP contribution in [0.15, 0.2) is 17.5 Å². The Morgan fingerprint density at radius 3 is 2.77 bits per heavy atom. The van der Waals surface area contributed by atoms with Crippen molar-refractivity contribution in [3.8, 4) is 0 Å². The van der Waals surface area contributed by atoms with Crippen LogP contribution in [-0.2, 0) is 4.79 Å². The maximum atomic E-state index is 12.5. The van der Waals surface area contributed by atoms with Gasteiger partial charge in [-0.15, -0.1) is 11.3 Å². The van der Waals surface area contributed by atoms with Crippen molar-refractivity contribution in [1.82, 2.24) is 15.1 Å². The lowest BCUT2D eigenvalue weighted by Gasteiger charge is -2.32. The van der Waals surface area contributed by atoms with E-state index in [2.05, 4.69) is 39.7 Å². The van der Waals surface area contributed by atoms with Crippen LogP contribution in [0.2, 0.25) is 0 Å². The maximum Gasteiger partial charge on any atom is 0.237 e. The van der Waals surface area contributed by atoms with Gasteiger partial charge in [-0.25, -0.2) is 0 Å². The summed E-state index contributed by atoms with van der Waals surface area (Å²) in [5, 5.41) is 5.37. The van der Waals surface area contributed by atoms with Gasteiger partial charge in [0.1, 0.15) is 0 Å². The number of carbonyl (C=O) groups excluding carboxylic acids is 1. The van der Waals surface area contributed by atoms with Gasteiger partial charge in [0.15, 0.2) is 0 Å². The number of nitrogens with one attached hydrogen (secondary N) is 1.